The zero-order valence-corrected chi connectivity index (χ0v) is 18.7. The summed E-state index contributed by atoms with van der Waals surface area (Å²) in [6.07, 6.45) is 8.90. The van der Waals surface area contributed by atoms with Crippen LogP contribution in [0.15, 0.2) is 71.7 Å². The topological polar surface area (TPSA) is 100 Å². The summed E-state index contributed by atoms with van der Waals surface area (Å²) in [5, 5.41) is 6.27. The van der Waals surface area contributed by atoms with Gasteiger partial charge in [-0.05, 0) is 30.3 Å². The molecule has 4 aromatic rings. The predicted molar refractivity (Wildman–Crippen MR) is 126 cm³/mol. The highest BCUT2D eigenvalue weighted by atomic mass is 16.4. The Morgan fingerprint density at radius 3 is 2.85 bits per heavy atom. The second-order valence-electron chi connectivity index (χ2n) is 8.64. The Kier molecular flexibility index (Phi) is 4.75. The summed E-state index contributed by atoms with van der Waals surface area (Å²) in [5.41, 5.74) is 3.03. The van der Waals surface area contributed by atoms with Crippen molar-refractivity contribution in [3.05, 3.63) is 67.3 Å². The van der Waals surface area contributed by atoms with Gasteiger partial charge in [-0.1, -0.05) is 12.1 Å². The maximum absolute atomic E-state index is 12.5. The molecule has 6 rings (SSSR count). The molecule has 3 aromatic heterocycles. The molecule has 1 aliphatic carbocycles. The number of aryl methyl sites for hydroxylation is 1. The van der Waals surface area contributed by atoms with E-state index in [1.165, 1.54) is 0 Å². The molecule has 1 aromatic carbocycles. The van der Waals surface area contributed by atoms with E-state index >= 15 is 0 Å². The van der Waals surface area contributed by atoms with Crippen LogP contribution in [0.3, 0.4) is 0 Å². The van der Waals surface area contributed by atoms with Gasteiger partial charge in [-0.3, -0.25) is 9.78 Å². The molecule has 170 valence electrons. The van der Waals surface area contributed by atoms with Gasteiger partial charge >= 0.3 is 6.01 Å². The number of oxazole rings is 1. The fourth-order valence-corrected chi connectivity index (χ4v) is 4.46. The zero-order chi connectivity index (χ0) is 23.1. The van der Waals surface area contributed by atoms with E-state index in [4.69, 9.17) is 4.42 Å². The minimum atomic E-state index is -0.453. The molecule has 9 nitrogen and oxygen atoms in total. The summed E-state index contributed by atoms with van der Waals surface area (Å²) in [4.78, 5) is 27.7. The Bertz CT molecular complexity index is 1360. The third-order valence-electron chi connectivity index (χ3n) is 6.34. The van der Waals surface area contributed by atoms with E-state index in [1.54, 1.807) is 18.6 Å². The molecular formula is C25H24N7O2+. The number of nitrogens with one attached hydrogen (secondary N) is 2. The molecule has 0 atom stereocenters. The molecule has 9 heteroatoms. The first-order chi connectivity index (χ1) is 16.6. The van der Waals surface area contributed by atoms with Crippen LogP contribution in [0, 0.1) is 0 Å². The SMILES string of the molecule is C[n+]1cc(-c2cccc(Nc3nccc(-c4cccnc4)n3)c2)oc1N1CCNC(=O)C12CC2. The van der Waals surface area contributed by atoms with Crippen molar-refractivity contribution in [1.29, 1.82) is 0 Å². The molecule has 0 unspecified atom stereocenters. The molecule has 1 aliphatic heterocycles. The molecule has 1 saturated heterocycles. The van der Waals surface area contributed by atoms with Gasteiger partial charge in [0.2, 0.25) is 5.95 Å². The van der Waals surface area contributed by atoms with Crippen molar-refractivity contribution >= 4 is 23.6 Å². The van der Waals surface area contributed by atoms with Crippen LogP contribution >= 0.6 is 0 Å². The predicted octanol–water partition coefficient (Wildman–Crippen LogP) is 2.84. The van der Waals surface area contributed by atoms with Crippen LogP contribution in [0.4, 0.5) is 17.7 Å². The fourth-order valence-electron chi connectivity index (χ4n) is 4.46. The van der Waals surface area contributed by atoms with Crippen molar-refractivity contribution < 1.29 is 13.8 Å². The van der Waals surface area contributed by atoms with E-state index in [1.807, 2.05) is 60.3 Å². The quantitative estimate of drug-likeness (QED) is 0.447. The third kappa shape index (κ3) is 3.55. The van der Waals surface area contributed by atoms with Crippen molar-refractivity contribution in [2.45, 2.75) is 18.4 Å². The lowest BCUT2D eigenvalue weighted by atomic mass is 10.1. The van der Waals surface area contributed by atoms with Crippen molar-refractivity contribution in [3.8, 4) is 22.6 Å². The van der Waals surface area contributed by atoms with Crippen LogP contribution in [0.1, 0.15) is 12.8 Å². The van der Waals surface area contributed by atoms with Gasteiger partial charge in [0.25, 0.3) is 5.91 Å². The third-order valence-corrected chi connectivity index (χ3v) is 6.34. The Morgan fingerprint density at radius 2 is 2.03 bits per heavy atom. The molecule has 2 N–H and O–H groups in total. The number of amides is 1. The first-order valence-corrected chi connectivity index (χ1v) is 11.3. The molecule has 1 saturated carbocycles. The summed E-state index contributed by atoms with van der Waals surface area (Å²) in [7, 11) is 1.95. The number of pyridine rings is 1. The molecule has 2 fully saturated rings. The summed E-state index contributed by atoms with van der Waals surface area (Å²) < 4.78 is 8.24. The second kappa shape index (κ2) is 7.95. The standard InChI is InChI=1S/C25H23N7O2/c1-31-16-21(34-24(31)32-13-12-27-22(33)25(32)8-9-25)17-4-2-6-19(14-17)29-23-28-11-7-20(30-23)18-5-3-10-26-15-18/h2-7,10-11,14-16H,8-9,12-13H2,1H3,(H-,27,28,29,30,33)/p+1. The zero-order valence-electron chi connectivity index (χ0n) is 18.7. The van der Waals surface area contributed by atoms with E-state index in [0.29, 0.717) is 18.5 Å². The Morgan fingerprint density at radius 1 is 1.15 bits per heavy atom. The monoisotopic (exact) mass is 454 g/mol. The lowest BCUT2D eigenvalue weighted by Crippen LogP contribution is -2.59. The minimum Gasteiger partial charge on any atom is -0.387 e. The van der Waals surface area contributed by atoms with Crippen molar-refractivity contribution in [2.24, 2.45) is 7.05 Å². The van der Waals surface area contributed by atoms with Gasteiger partial charge in [0, 0.05) is 48.2 Å². The van der Waals surface area contributed by atoms with Gasteiger partial charge in [0.05, 0.1) is 19.3 Å². The fraction of sp³-hybridized carbons (Fsp3) is 0.240. The molecular weight excluding hydrogens is 430 g/mol. The first-order valence-electron chi connectivity index (χ1n) is 11.3. The number of anilines is 3. The summed E-state index contributed by atoms with van der Waals surface area (Å²) in [6.45, 7) is 1.35. The van der Waals surface area contributed by atoms with E-state index in [-0.39, 0.29) is 5.91 Å². The Balaban J connectivity index is 1.26. The number of carbonyl (C=O) groups is 1. The van der Waals surface area contributed by atoms with E-state index < -0.39 is 5.54 Å². The van der Waals surface area contributed by atoms with E-state index in [2.05, 4.69) is 30.5 Å². The van der Waals surface area contributed by atoms with Crippen LogP contribution in [-0.4, -0.2) is 39.5 Å². The number of benzene rings is 1. The second-order valence-corrected chi connectivity index (χ2v) is 8.64. The number of carbonyl (C=O) groups excluding carboxylic acids is 1. The number of piperazine rings is 1. The van der Waals surface area contributed by atoms with Crippen LogP contribution in [0.25, 0.3) is 22.6 Å². The Labute approximate surface area is 196 Å². The molecule has 34 heavy (non-hydrogen) atoms. The molecule has 1 amide bonds. The molecule has 2 aliphatic rings. The lowest BCUT2D eigenvalue weighted by molar-refractivity contribution is -0.661. The summed E-state index contributed by atoms with van der Waals surface area (Å²) in [6, 6.07) is 14.3. The molecule has 4 heterocycles. The minimum absolute atomic E-state index is 0.0939. The van der Waals surface area contributed by atoms with Crippen LogP contribution < -0.4 is 20.1 Å². The first kappa shape index (κ1) is 20.3. The van der Waals surface area contributed by atoms with E-state index in [9.17, 15) is 4.79 Å². The van der Waals surface area contributed by atoms with Crippen LogP contribution in [0.5, 0.6) is 0 Å². The molecule has 0 bridgehead atoms. The van der Waals surface area contributed by atoms with Gasteiger partial charge in [-0.2, -0.15) is 4.57 Å². The highest BCUT2D eigenvalue weighted by Gasteiger charge is 2.63. The number of nitrogens with zero attached hydrogens (tertiary/aromatic N) is 5. The van der Waals surface area contributed by atoms with Crippen LogP contribution in [-0.2, 0) is 11.8 Å². The maximum Gasteiger partial charge on any atom is 0.457 e. The van der Waals surface area contributed by atoms with Gasteiger partial charge in [0.1, 0.15) is 12.7 Å². The molecule has 0 radical (unpaired) electrons. The lowest BCUT2D eigenvalue weighted by Gasteiger charge is -2.28. The largest absolute Gasteiger partial charge is 0.457 e. The number of hydrogen-bond acceptors (Lipinski definition) is 7. The van der Waals surface area contributed by atoms with Gasteiger partial charge in [-0.15, -0.1) is 0 Å². The van der Waals surface area contributed by atoms with Gasteiger partial charge in [-0.25, -0.2) is 14.9 Å². The highest BCUT2D eigenvalue weighted by molar-refractivity contribution is 5.93. The van der Waals surface area contributed by atoms with Gasteiger partial charge < -0.3 is 15.1 Å². The van der Waals surface area contributed by atoms with Crippen molar-refractivity contribution in [2.75, 3.05) is 23.3 Å². The molecule has 1 spiro atoms. The van der Waals surface area contributed by atoms with E-state index in [0.717, 1.165) is 47.7 Å². The average Bonchev–Trinajstić information content (AvgIpc) is 3.57. The highest BCUT2D eigenvalue weighted by Crippen LogP contribution is 2.45. The Hall–Kier alpha value is -4.27. The maximum atomic E-state index is 12.5. The van der Waals surface area contributed by atoms with Crippen molar-refractivity contribution in [1.82, 2.24) is 20.3 Å². The average molecular weight is 455 g/mol. The number of rotatable bonds is 5. The summed E-state index contributed by atoms with van der Waals surface area (Å²) in [5.74, 6) is 1.32. The number of aromatic nitrogens is 4. The van der Waals surface area contributed by atoms with Crippen LogP contribution in [0.2, 0.25) is 0 Å². The normalized spacial score (nSPS) is 16.4. The number of hydrogen-bond donors (Lipinski definition) is 2. The summed E-state index contributed by atoms with van der Waals surface area (Å²) >= 11 is 0. The van der Waals surface area contributed by atoms with Crippen molar-refractivity contribution in [3.63, 3.8) is 0 Å². The van der Waals surface area contributed by atoms with Gasteiger partial charge in [0.15, 0.2) is 11.3 Å². The smallest absolute Gasteiger partial charge is 0.387 e.